The Balaban J connectivity index is 1.51. The van der Waals surface area contributed by atoms with Gasteiger partial charge in [0, 0.05) is 37.6 Å². The van der Waals surface area contributed by atoms with E-state index in [1.165, 1.54) is 5.56 Å². The third-order valence-corrected chi connectivity index (χ3v) is 4.66. The van der Waals surface area contributed by atoms with Crippen molar-refractivity contribution in [1.82, 2.24) is 15.2 Å². The Morgan fingerprint density at radius 1 is 1.36 bits per heavy atom. The van der Waals surface area contributed by atoms with Crippen LogP contribution in [0.2, 0.25) is 0 Å². The van der Waals surface area contributed by atoms with Gasteiger partial charge in [0.1, 0.15) is 12.4 Å². The molecule has 1 fully saturated rings. The van der Waals surface area contributed by atoms with E-state index in [1.54, 1.807) is 11.3 Å². The average molecular weight is 317 g/mol. The molecular weight excluding hydrogens is 294 g/mol. The van der Waals surface area contributed by atoms with Crippen LogP contribution in [0, 0.1) is 6.92 Å². The van der Waals surface area contributed by atoms with Crippen LogP contribution in [0.5, 0.6) is 5.75 Å². The van der Waals surface area contributed by atoms with Crippen LogP contribution in [0.15, 0.2) is 29.6 Å². The number of nitrogens with one attached hydrogen (secondary N) is 1. The van der Waals surface area contributed by atoms with Gasteiger partial charge in [-0.15, -0.1) is 11.3 Å². The lowest BCUT2D eigenvalue weighted by molar-refractivity contribution is 0.199. The molecule has 5 heteroatoms. The van der Waals surface area contributed by atoms with Gasteiger partial charge in [0.2, 0.25) is 0 Å². The van der Waals surface area contributed by atoms with E-state index in [-0.39, 0.29) is 0 Å². The van der Waals surface area contributed by atoms with Gasteiger partial charge >= 0.3 is 0 Å². The minimum atomic E-state index is 0.541. The highest BCUT2D eigenvalue weighted by Crippen LogP contribution is 2.17. The molecule has 1 aromatic heterocycles. The van der Waals surface area contributed by atoms with Crippen LogP contribution in [0.3, 0.4) is 0 Å². The Bertz CT molecular complexity index is 596. The summed E-state index contributed by atoms with van der Waals surface area (Å²) in [5.74, 6) is 0.906. The van der Waals surface area contributed by atoms with Gasteiger partial charge < -0.3 is 10.1 Å². The van der Waals surface area contributed by atoms with Crippen molar-refractivity contribution in [3.63, 3.8) is 0 Å². The smallest absolute Gasteiger partial charge is 0.131 e. The molecule has 0 saturated carbocycles. The third-order valence-electron chi connectivity index (χ3n) is 3.84. The van der Waals surface area contributed by atoms with Crippen molar-refractivity contribution >= 4 is 11.3 Å². The summed E-state index contributed by atoms with van der Waals surface area (Å²) in [6.45, 7) is 9.11. The first-order chi connectivity index (χ1) is 10.7. The number of ether oxygens (including phenoxy) is 1. The summed E-state index contributed by atoms with van der Waals surface area (Å²) in [7, 11) is 0. The minimum absolute atomic E-state index is 0.541. The molecule has 1 atom stereocenters. The molecule has 0 amide bonds. The first kappa shape index (κ1) is 15.5. The fraction of sp³-hybridized carbons (Fsp3) is 0.471. The zero-order chi connectivity index (χ0) is 15.4. The van der Waals surface area contributed by atoms with E-state index in [2.05, 4.69) is 51.8 Å². The van der Waals surface area contributed by atoms with Gasteiger partial charge in [-0.3, -0.25) is 4.90 Å². The maximum Gasteiger partial charge on any atom is 0.131 e. The molecule has 118 valence electrons. The first-order valence-electron chi connectivity index (χ1n) is 7.77. The number of piperazine rings is 1. The molecule has 1 saturated heterocycles. The van der Waals surface area contributed by atoms with E-state index in [0.29, 0.717) is 12.6 Å². The monoisotopic (exact) mass is 317 g/mol. The van der Waals surface area contributed by atoms with Crippen molar-refractivity contribution in [2.45, 2.75) is 33.0 Å². The predicted octanol–water partition coefficient (Wildman–Crippen LogP) is 2.82. The van der Waals surface area contributed by atoms with Crippen molar-refractivity contribution < 1.29 is 4.74 Å². The molecule has 1 aliphatic rings. The van der Waals surface area contributed by atoms with Crippen LogP contribution in [0.25, 0.3) is 0 Å². The van der Waals surface area contributed by atoms with Crippen molar-refractivity contribution in [2.75, 3.05) is 19.6 Å². The lowest BCUT2D eigenvalue weighted by Crippen LogP contribution is -2.48. The standard InChI is InChI=1S/C17H23N3OS/c1-13-9-20(8-7-18-13)10-15-3-5-17(6-4-15)21-11-16-12-22-14(2)19-16/h3-6,12-13,18H,7-11H2,1-2H3. The van der Waals surface area contributed by atoms with Crippen LogP contribution >= 0.6 is 11.3 Å². The van der Waals surface area contributed by atoms with E-state index in [9.17, 15) is 0 Å². The normalized spacial score (nSPS) is 19.3. The second-order valence-corrected chi connectivity index (χ2v) is 6.94. The molecule has 0 bridgehead atoms. The molecule has 0 radical (unpaired) electrons. The first-order valence-corrected chi connectivity index (χ1v) is 8.65. The Labute approximate surface area is 136 Å². The number of nitrogens with zero attached hydrogens (tertiary/aromatic N) is 2. The topological polar surface area (TPSA) is 37.4 Å². The summed E-state index contributed by atoms with van der Waals surface area (Å²) in [6, 6.07) is 9.01. The predicted molar refractivity (Wildman–Crippen MR) is 90.4 cm³/mol. The van der Waals surface area contributed by atoms with Gasteiger partial charge in [-0.1, -0.05) is 12.1 Å². The summed E-state index contributed by atoms with van der Waals surface area (Å²) in [4.78, 5) is 6.90. The van der Waals surface area contributed by atoms with E-state index < -0.39 is 0 Å². The fourth-order valence-corrected chi connectivity index (χ4v) is 3.33. The summed E-state index contributed by atoms with van der Waals surface area (Å²) < 4.78 is 5.79. The molecule has 2 aromatic rings. The van der Waals surface area contributed by atoms with E-state index in [0.717, 1.165) is 42.6 Å². The second-order valence-electron chi connectivity index (χ2n) is 5.88. The van der Waals surface area contributed by atoms with Crippen LogP contribution in [-0.4, -0.2) is 35.6 Å². The number of rotatable bonds is 5. The summed E-state index contributed by atoms with van der Waals surface area (Å²) >= 11 is 1.66. The average Bonchev–Trinajstić information content (AvgIpc) is 2.92. The number of hydrogen-bond donors (Lipinski definition) is 1. The SMILES string of the molecule is Cc1nc(COc2ccc(CN3CCNC(C)C3)cc2)cs1. The molecule has 1 aliphatic heterocycles. The Morgan fingerprint density at radius 3 is 2.86 bits per heavy atom. The zero-order valence-electron chi connectivity index (χ0n) is 13.2. The second kappa shape index (κ2) is 7.22. The Morgan fingerprint density at radius 2 is 2.18 bits per heavy atom. The molecule has 1 unspecified atom stereocenters. The molecule has 1 N–H and O–H groups in total. The lowest BCUT2D eigenvalue weighted by Gasteiger charge is -2.31. The molecule has 1 aromatic carbocycles. The van der Waals surface area contributed by atoms with Crippen LogP contribution in [-0.2, 0) is 13.2 Å². The van der Waals surface area contributed by atoms with Gasteiger partial charge in [-0.25, -0.2) is 4.98 Å². The summed E-state index contributed by atoms with van der Waals surface area (Å²) in [5, 5.41) is 6.61. The quantitative estimate of drug-likeness (QED) is 0.920. The maximum absolute atomic E-state index is 5.79. The molecule has 3 rings (SSSR count). The fourth-order valence-electron chi connectivity index (χ4n) is 2.74. The lowest BCUT2D eigenvalue weighted by atomic mass is 10.1. The van der Waals surface area contributed by atoms with E-state index in [4.69, 9.17) is 4.74 Å². The van der Waals surface area contributed by atoms with Crippen LogP contribution in [0.1, 0.15) is 23.2 Å². The van der Waals surface area contributed by atoms with Crippen LogP contribution in [0.4, 0.5) is 0 Å². The van der Waals surface area contributed by atoms with Crippen molar-refractivity contribution in [3.8, 4) is 5.75 Å². The highest BCUT2D eigenvalue weighted by atomic mass is 32.1. The Hall–Kier alpha value is -1.43. The highest BCUT2D eigenvalue weighted by Gasteiger charge is 2.15. The van der Waals surface area contributed by atoms with E-state index in [1.807, 2.05) is 6.92 Å². The van der Waals surface area contributed by atoms with Crippen molar-refractivity contribution in [2.24, 2.45) is 0 Å². The highest BCUT2D eigenvalue weighted by molar-refractivity contribution is 7.09. The third kappa shape index (κ3) is 4.29. The largest absolute Gasteiger partial charge is 0.487 e. The van der Waals surface area contributed by atoms with Gasteiger partial charge in [0.25, 0.3) is 0 Å². The number of thiazole rings is 1. The number of benzene rings is 1. The molecule has 0 spiro atoms. The van der Waals surface area contributed by atoms with Gasteiger partial charge in [0.05, 0.1) is 10.7 Å². The Kier molecular flexibility index (Phi) is 5.08. The van der Waals surface area contributed by atoms with Gasteiger partial charge in [0.15, 0.2) is 0 Å². The minimum Gasteiger partial charge on any atom is -0.487 e. The molecule has 4 nitrogen and oxygen atoms in total. The molecule has 2 heterocycles. The van der Waals surface area contributed by atoms with Gasteiger partial charge in [-0.05, 0) is 31.5 Å². The van der Waals surface area contributed by atoms with E-state index >= 15 is 0 Å². The zero-order valence-corrected chi connectivity index (χ0v) is 14.0. The molecule has 0 aliphatic carbocycles. The van der Waals surface area contributed by atoms with Crippen molar-refractivity contribution in [1.29, 1.82) is 0 Å². The number of aryl methyl sites for hydroxylation is 1. The summed E-state index contributed by atoms with van der Waals surface area (Å²) in [5.41, 5.74) is 2.34. The van der Waals surface area contributed by atoms with Crippen LogP contribution < -0.4 is 10.1 Å². The molecular formula is C17H23N3OS. The summed E-state index contributed by atoms with van der Waals surface area (Å²) in [6.07, 6.45) is 0. The van der Waals surface area contributed by atoms with Crippen molar-refractivity contribution in [3.05, 3.63) is 45.9 Å². The molecule has 22 heavy (non-hydrogen) atoms. The number of hydrogen-bond acceptors (Lipinski definition) is 5. The number of aromatic nitrogens is 1. The van der Waals surface area contributed by atoms with Gasteiger partial charge in [-0.2, -0.15) is 0 Å². The maximum atomic E-state index is 5.79.